The van der Waals surface area contributed by atoms with Crippen LogP contribution in [-0.4, -0.2) is 25.8 Å². The normalized spacial score (nSPS) is 11.3. The molecule has 0 saturated heterocycles. The van der Waals surface area contributed by atoms with E-state index in [0.29, 0.717) is 0 Å². The van der Waals surface area contributed by atoms with Crippen LogP contribution >= 0.6 is 0 Å². The molecule has 3 rings (SSSR count). The van der Waals surface area contributed by atoms with Crippen molar-refractivity contribution in [3.05, 3.63) is 59.5 Å². The predicted molar refractivity (Wildman–Crippen MR) is 80.8 cm³/mol. The van der Waals surface area contributed by atoms with Gasteiger partial charge in [0, 0.05) is 18.6 Å². The average molecular weight is 279 g/mol. The Labute approximate surface area is 121 Å². The zero-order valence-corrected chi connectivity index (χ0v) is 11.4. The smallest absolute Gasteiger partial charge is 0.335 e. The summed E-state index contributed by atoms with van der Waals surface area (Å²) in [6.07, 6.45) is 5.58. The molecule has 0 spiro atoms. The van der Waals surface area contributed by atoms with E-state index in [9.17, 15) is 4.79 Å². The lowest BCUT2D eigenvalue weighted by Gasteiger charge is -2.01. The number of benzene rings is 1. The number of rotatable bonds is 3. The Morgan fingerprint density at radius 3 is 2.76 bits per heavy atom. The van der Waals surface area contributed by atoms with E-state index in [1.165, 1.54) is 0 Å². The van der Waals surface area contributed by atoms with E-state index in [2.05, 4.69) is 10.1 Å². The Kier molecular flexibility index (Phi) is 3.23. The van der Waals surface area contributed by atoms with Gasteiger partial charge in [0.15, 0.2) is 0 Å². The zero-order valence-electron chi connectivity index (χ0n) is 11.4. The summed E-state index contributed by atoms with van der Waals surface area (Å²) in [4.78, 5) is 15.4. The highest BCUT2D eigenvalue weighted by molar-refractivity contribution is 5.93. The largest absolute Gasteiger partial charge is 0.478 e. The molecule has 0 saturated carbocycles. The topological polar surface area (TPSA) is 68.0 Å². The van der Waals surface area contributed by atoms with Crippen LogP contribution in [-0.2, 0) is 7.05 Å². The molecule has 2 heterocycles. The van der Waals surface area contributed by atoms with E-state index in [-0.39, 0.29) is 5.56 Å². The first-order valence-corrected chi connectivity index (χ1v) is 6.44. The molecule has 0 aliphatic rings. The Morgan fingerprint density at radius 2 is 2.05 bits per heavy atom. The fraction of sp³-hybridized carbons (Fsp3) is 0.0625. The van der Waals surface area contributed by atoms with E-state index in [4.69, 9.17) is 5.11 Å². The first-order valence-electron chi connectivity index (χ1n) is 6.44. The maximum absolute atomic E-state index is 10.9. The summed E-state index contributed by atoms with van der Waals surface area (Å²) in [6.45, 7) is 0. The van der Waals surface area contributed by atoms with Gasteiger partial charge >= 0.3 is 5.97 Å². The number of pyridine rings is 1. The zero-order chi connectivity index (χ0) is 14.8. The number of nitrogens with zero attached hydrogens (tertiary/aromatic N) is 3. The molecular formula is C16H13N3O2. The maximum atomic E-state index is 10.9. The maximum Gasteiger partial charge on any atom is 0.335 e. The van der Waals surface area contributed by atoms with Gasteiger partial charge in [-0.1, -0.05) is 6.07 Å². The van der Waals surface area contributed by atoms with E-state index >= 15 is 0 Å². The SMILES string of the molecule is Cn1nccc1C=Cc1ccc2cc(C(=O)O)ccc2n1. The first-order chi connectivity index (χ1) is 10.1. The molecule has 0 unspecified atom stereocenters. The van der Waals surface area contributed by atoms with Gasteiger partial charge in [-0.05, 0) is 42.5 Å². The molecule has 2 aromatic heterocycles. The lowest BCUT2D eigenvalue weighted by molar-refractivity contribution is 0.0697. The van der Waals surface area contributed by atoms with E-state index in [0.717, 1.165) is 22.3 Å². The van der Waals surface area contributed by atoms with Gasteiger partial charge in [-0.2, -0.15) is 5.10 Å². The minimum absolute atomic E-state index is 0.266. The van der Waals surface area contributed by atoms with E-state index in [1.54, 1.807) is 29.1 Å². The van der Waals surface area contributed by atoms with Gasteiger partial charge in [0.2, 0.25) is 0 Å². The van der Waals surface area contributed by atoms with Crippen LogP contribution in [0.25, 0.3) is 23.1 Å². The third-order valence-corrected chi connectivity index (χ3v) is 3.24. The first kappa shape index (κ1) is 13.1. The highest BCUT2D eigenvalue weighted by Crippen LogP contribution is 2.16. The van der Waals surface area contributed by atoms with Crippen molar-refractivity contribution >= 4 is 29.0 Å². The molecule has 0 aliphatic carbocycles. The third kappa shape index (κ3) is 2.67. The molecule has 5 heteroatoms. The number of fused-ring (bicyclic) bond motifs is 1. The lowest BCUT2D eigenvalue weighted by Crippen LogP contribution is -1.96. The van der Waals surface area contributed by atoms with Crippen LogP contribution in [0.3, 0.4) is 0 Å². The molecule has 1 N–H and O–H groups in total. The van der Waals surface area contributed by atoms with Crippen LogP contribution < -0.4 is 0 Å². The lowest BCUT2D eigenvalue weighted by atomic mass is 10.1. The molecule has 104 valence electrons. The van der Waals surface area contributed by atoms with Crippen molar-refractivity contribution in [3.63, 3.8) is 0 Å². The Bertz CT molecular complexity index is 850. The number of aromatic nitrogens is 3. The summed E-state index contributed by atoms with van der Waals surface area (Å²) in [5.74, 6) is -0.933. The van der Waals surface area contributed by atoms with Crippen LogP contribution in [0.5, 0.6) is 0 Å². The molecule has 0 bridgehead atoms. The standard InChI is InChI=1S/C16H13N3O2/c1-19-14(8-9-17-19)6-5-13-4-2-11-10-12(16(20)21)3-7-15(11)18-13/h2-10H,1H3,(H,20,21). The number of hydrogen-bond acceptors (Lipinski definition) is 3. The molecule has 0 amide bonds. The van der Waals surface area contributed by atoms with E-state index in [1.807, 2.05) is 37.4 Å². The predicted octanol–water partition coefficient (Wildman–Crippen LogP) is 2.84. The molecule has 5 nitrogen and oxygen atoms in total. The summed E-state index contributed by atoms with van der Waals surface area (Å²) in [5, 5.41) is 13.9. The fourth-order valence-corrected chi connectivity index (χ4v) is 2.09. The second-order valence-electron chi connectivity index (χ2n) is 4.66. The second kappa shape index (κ2) is 5.20. The minimum Gasteiger partial charge on any atom is -0.478 e. The molecule has 3 aromatic rings. The van der Waals surface area contributed by atoms with Crippen LogP contribution in [0.4, 0.5) is 0 Å². The molecular weight excluding hydrogens is 266 g/mol. The van der Waals surface area contributed by atoms with Crippen molar-refractivity contribution < 1.29 is 9.90 Å². The molecule has 0 fully saturated rings. The van der Waals surface area contributed by atoms with Gasteiger partial charge in [0.05, 0.1) is 22.5 Å². The molecule has 21 heavy (non-hydrogen) atoms. The van der Waals surface area contributed by atoms with Crippen molar-refractivity contribution in [1.82, 2.24) is 14.8 Å². The van der Waals surface area contributed by atoms with Gasteiger partial charge < -0.3 is 5.11 Å². The average Bonchev–Trinajstić information content (AvgIpc) is 2.89. The van der Waals surface area contributed by atoms with Crippen molar-refractivity contribution in [2.24, 2.45) is 7.05 Å². The van der Waals surface area contributed by atoms with Crippen LogP contribution in [0.2, 0.25) is 0 Å². The van der Waals surface area contributed by atoms with E-state index < -0.39 is 5.97 Å². The van der Waals surface area contributed by atoms with Gasteiger partial charge in [-0.15, -0.1) is 0 Å². The van der Waals surface area contributed by atoms with Gasteiger partial charge in [0.1, 0.15) is 0 Å². The second-order valence-corrected chi connectivity index (χ2v) is 4.66. The number of hydrogen-bond donors (Lipinski definition) is 1. The van der Waals surface area contributed by atoms with Gasteiger partial charge in [-0.25, -0.2) is 9.78 Å². The fourth-order valence-electron chi connectivity index (χ4n) is 2.09. The summed E-state index contributed by atoms with van der Waals surface area (Å²) in [5.41, 5.74) is 2.83. The number of carbonyl (C=O) groups is 1. The molecule has 0 radical (unpaired) electrons. The van der Waals surface area contributed by atoms with Crippen LogP contribution in [0, 0.1) is 0 Å². The molecule has 1 aromatic carbocycles. The van der Waals surface area contributed by atoms with Crippen molar-refractivity contribution in [2.45, 2.75) is 0 Å². The Balaban J connectivity index is 1.94. The summed E-state index contributed by atoms with van der Waals surface area (Å²) >= 11 is 0. The van der Waals surface area contributed by atoms with Crippen molar-refractivity contribution in [1.29, 1.82) is 0 Å². The quantitative estimate of drug-likeness (QED) is 0.800. The Hall–Kier alpha value is -2.95. The number of carboxylic acids is 1. The highest BCUT2D eigenvalue weighted by atomic mass is 16.4. The van der Waals surface area contributed by atoms with Crippen LogP contribution in [0.15, 0.2) is 42.6 Å². The van der Waals surface area contributed by atoms with Crippen LogP contribution in [0.1, 0.15) is 21.7 Å². The Morgan fingerprint density at radius 1 is 1.19 bits per heavy atom. The summed E-state index contributed by atoms with van der Waals surface area (Å²) in [6, 6.07) is 10.6. The van der Waals surface area contributed by atoms with Crippen molar-refractivity contribution in [2.75, 3.05) is 0 Å². The minimum atomic E-state index is -0.933. The van der Waals surface area contributed by atoms with Gasteiger partial charge in [-0.3, -0.25) is 4.68 Å². The number of carboxylic acid groups (broad SMARTS) is 1. The molecule has 0 atom stereocenters. The monoisotopic (exact) mass is 279 g/mol. The number of aromatic carboxylic acids is 1. The highest BCUT2D eigenvalue weighted by Gasteiger charge is 2.04. The summed E-state index contributed by atoms with van der Waals surface area (Å²) in [7, 11) is 1.88. The summed E-state index contributed by atoms with van der Waals surface area (Å²) < 4.78 is 1.77. The van der Waals surface area contributed by atoms with Crippen molar-refractivity contribution in [3.8, 4) is 0 Å². The number of aryl methyl sites for hydroxylation is 1. The third-order valence-electron chi connectivity index (χ3n) is 3.24. The molecule has 0 aliphatic heterocycles. The van der Waals surface area contributed by atoms with Gasteiger partial charge in [0.25, 0.3) is 0 Å².